The summed E-state index contributed by atoms with van der Waals surface area (Å²) in [6.45, 7) is 1.05. The van der Waals surface area contributed by atoms with Gasteiger partial charge in [-0.3, -0.25) is 4.79 Å². The average Bonchev–Trinajstić information content (AvgIpc) is 3.52. The molecule has 0 saturated carbocycles. The van der Waals surface area contributed by atoms with Gasteiger partial charge in [-0.15, -0.1) is 0 Å². The zero-order valence-electron chi connectivity index (χ0n) is 17.2. The summed E-state index contributed by atoms with van der Waals surface area (Å²) in [6.07, 6.45) is 0.342. The Labute approximate surface area is 183 Å². The first-order chi connectivity index (χ1) is 15.7. The molecule has 1 saturated heterocycles. The van der Waals surface area contributed by atoms with E-state index in [1.165, 1.54) is 6.07 Å². The van der Waals surface area contributed by atoms with Gasteiger partial charge in [-0.05, 0) is 30.3 Å². The van der Waals surface area contributed by atoms with Crippen LogP contribution in [0.4, 0.5) is 10.1 Å². The Morgan fingerprint density at radius 3 is 2.72 bits per heavy atom. The van der Waals surface area contributed by atoms with Gasteiger partial charge in [0.15, 0.2) is 11.5 Å². The number of carbonyl (C=O) groups is 1. The minimum atomic E-state index is -0.249. The quantitative estimate of drug-likeness (QED) is 0.480. The molecule has 0 bridgehead atoms. The Balaban J connectivity index is 1.37. The van der Waals surface area contributed by atoms with Gasteiger partial charge in [0, 0.05) is 36.2 Å². The van der Waals surface area contributed by atoms with Crippen LogP contribution in [0.2, 0.25) is 0 Å². The Bertz CT molecular complexity index is 1350. The van der Waals surface area contributed by atoms with Gasteiger partial charge in [-0.1, -0.05) is 30.3 Å². The molecular formula is C25H20FN3O3. The highest BCUT2D eigenvalue weighted by molar-refractivity contribution is 5.97. The fraction of sp³-hybridized carbons (Fsp3) is 0.200. The summed E-state index contributed by atoms with van der Waals surface area (Å²) in [5, 5.41) is 0. The van der Waals surface area contributed by atoms with Crippen LogP contribution in [0.1, 0.15) is 23.7 Å². The number of amides is 1. The highest BCUT2D eigenvalue weighted by Gasteiger charge is 2.35. The van der Waals surface area contributed by atoms with Crippen molar-refractivity contribution in [1.82, 2.24) is 9.55 Å². The maximum absolute atomic E-state index is 14.4. The van der Waals surface area contributed by atoms with E-state index in [2.05, 4.69) is 0 Å². The third-order valence-corrected chi connectivity index (χ3v) is 6.13. The number of ether oxygens (including phenoxy) is 2. The molecule has 6 rings (SSSR count). The van der Waals surface area contributed by atoms with Gasteiger partial charge in [0.05, 0.1) is 17.6 Å². The smallest absolute Gasteiger partial charge is 0.231 e. The lowest BCUT2D eigenvalue weighted by Gasteiger charge is -2.18. The van der Waals surface area contributed by atoms with Crippen molar-refractivity contribution in [3.05, 3.63) is 83.9 Å². The predicted molar refractivity (Wildman–Crippen MR) is 118 cm³/mol. The molecule has 1 atom stereocenters. The summed E-state index contributed by atoms with van der Waals surface area (Å²) in [4.78, 5) is 19.6. The molecule has 160 valence electrons. The second kappa shape index (κ2) is 7.37. The molecule has 1 amide bonds. The molecule has 0 aliphatic carbocycles. The van der Waals surface area contributed by atoms with Crippen molar-refractivity contribution in [2.45, 2.75) is 18.9 Å². The van der Waals surface area contributed by atoms with Crippen molar-refractivity contribution >= 4 is 22.6 Å². The third kappa shape index (κ3) is 3.09. The maximum Gasteiger partial charge on any atom is 0.231 e. The van der Waals surface area contributed by atoms with Gasteiger partial charge >= 0.3 is 0 Å². The molecule has 0 N–H and O–H groups in total. The number of aromatic nitrogens is 2. The largest absolute Gasteiger partial charge is 0.454 e. The number of para-hydroxylation sites is 2. The molecule has 2 aliphatic heterocycles. The van der Waals surface area contributed by atoms with Crippen molar-refractivity contribution in [3.63, 3.8) is 0 Å². The summed E-state index contributed by atoms with van der Waals surface area (Å²) in [5.41, 5.74) is 3.14. The van der Waals surface area contributed by atoms with Gasteiger partial charge in [0.2, 0.25) is 12.7 Å². The lowest BCUT2D eigenvalue weighted by Crippen LogP contribution is -2.24. The van der Waals surface area contributed by atoms with E-state index in [9.17, 15) is 9.18 Å². The summed E-state index contributed by atoms with van der Waals surface area (Å²) in [7, 11) is 0. The molecule has 32 heavy (non-hydrogen) atoms. The second-order valence-corrected chi connectivity index (χ2v) is 8.08. The number of nitrogens with zero attached hydrogens (tertiary/aromatic N) is 3. The lowest BCUT2D eigenvalue weighted by molar-refractivity contribution is -0.117. The fourth-order valence-electron chi connectivity index (χ4n) is 4.55. The highest BCUT2D eigenvalue weighted by atomic mass is 19.1. The van der Waals surface area contributed by atoms with Gasteiger partial charge < -0.3 is 18.9 Å². The van der Waals surface area contributed by atoms with E-state index in [4.69, 9.17) is 14.5 Å². The SMILES string of the molecule is O=C1CC(c2nc3ccccc3n2Cc2ccccc2F)CN1c1ccc2c(c1)OCO2. The number of hydrogen-bond acceptors (Lipinski definition) is 4. The first kappa shape index (κ1) is 18.9. The summed E-state index contributed by atoms with van der Waals surface area (Å²) < 4.78 is 27.3. The van der Waals surface area contributed by atoms with Crippen LogP contribution in [-0.4, -0.2) is 28.8 Å². The molecule has 1 fully saturated rings. The molecule has 0 spiro atoms. The van der Waals surface area contributed by atoms with Crippen molar-refractivity contribution in [2.24, 2.45) is 0 Å². The van der Waals surface area contributed by atoms with Crippen molar-refractivity contribution in [3.8, 4) is 11.5 Å². The van der Waals surface area contributed by atoms with Gasteiger partial charge in [-0.2, -0.15) is 0 Å². The number of rotatable bonds is 4. The summed E-state index contributed by atoms with van der Waals surface area (Å²) in [5.74, 6) is 1.80. The molecule has 0 radical (unpaired) electrons. The lowest BCUT2D eigenvalue weighted by atomic mass is 10.1. The molecule has 4 aromatic rings. The molecule has 3 heterocycles. The van der Waals surface area contributed by atoms with E-state index in [-0.39, 0.29) is 24.4 Å². The van der Waals surface area contributed by atoms with E-state index < -0.39 is 0 Å². The molecule has 2 aliphatic rings. The van der Waals surface area contributed by atoms with E-state index in [0.717, 1.165) is 22.5 Å². The Kier molecular flexibility index (Phi) is 4.35. The van der Waals surface area contributed by atoms with Crippen molar-refractivity contribution in [1.29, 1.82) is 0 Å². The number of anilines is 1. The van der Waals surface area contributed by atoms with Gasteiger partial charge in [-0.25, -0.2) is 9.37 Å². The van der Waals surface area contributed by atoms with Gasteiger partial charge in [0.1, 0.15) is 11.6 Å². The number of imidazole rings is 1. The van der Waals surface area contributed by atoms with Crippen LogP contribution in [0, 0.1) is 5.82 Å². The van der Waals surface area contributed by atoms with Gasteiger partial charge in [0.25, 0.3) is 0 Å². The van der Waals surface area contributed by atoms with Crippen LogP contribution in [-0.2, 0) is 11.3 Å². The number of hydrogen-bond donors (Lipinski definition) is 0. The second-order valence-electron chi connectivity index (χ2n) is 8.08. The minimum Gasteiger partial charge on any atom is -0.454 e. The normalized spacial score (nSPS) is 17.5. The molecular weight excluding hydrogens is 409 g/mol. The Morgan fingerprint density at radius 1 is 1.00 bits per heavy atom. The molecule has 1 aromatic heterocycles. The van der Waals surface area contributed by atoms with Crippen molar-refractivity contribution < 1.29 is 18.7 Å². The van der Waals surface area contributed by atoms with Crippen LogP contribution >= 0.6 is 0 Å². The summed E-state index contributed by atoms with van der Waals surface area (Å²) >= 11 is 0. The minimum absolute atomic E-state index is 0.0263. The van der Waals surface area contributed by atoms with E-state index in [1.807, 2.05) is 53.1 Å². The maximum atomic E-state index is 14.4. The molecule has 3 aromatic carbocycles. The molecule has 1 unspecified atom stereocenters. The highest BCUT2D eigenvalue weighted by Crippen LogP contribution is 2.39. The van der Waals surface area contributed by atoms with Crippen LogP contribution < -0.4 is 14.4 Å². The Morgan fingerprint density at radius 2 is 1.81 bits per heavy atom. The van der Waals surface area contributed by atoms with Crippen molar-refractivity contribution in [2.75, 3.05) is 18.2 Å². The number of fused-ring (bicyclic) bond motifs is 2. The van der Waals surface area contributed by atoms with Crippen LogP contribution in [0.25, 0.3) is 11.0 Å². The fourth-order valence-corrected chi connectivity index (χ4v) is 4.55. The molecule has 6 nitrogen and oxygen atoms in total. The van der Waals surface area contributed by atoms with Crippen LogP contribution in [0.3, 0.4) is 0 Å². The van der Waals surface area contributed by atoms with E-state index >= 15 is 0 Å². The molecule has 7 heteroatoms. The predicted octanol–water partition coefficient (Wildman–Crippen LogP) is 4.47. The standard InChI is InChI=1S/C25H20FN3O3/c26-19-6-2-1-5-16(19)13-29-21-8-4-3-7-20(21)27-25(29)17-11-24(30)28(14-17)18-9-10-22-23(12-18)32-15-31-22/h1-10,12,17H,11,13-15H2. The first-order valence-corrected chi connectivity index (χ1v) is 10.6. The monoisotopic (exact) mass is 429 g/mol. The van der Waals surface area contributed by atoms with Crippen LogP contribution in [0.15, 0.2) is 66.7 Å². The number of halogens is 1. The Hall–Kier alpha value is -3.87. The van der Waals surface area contributed by atoms with E-state index in [0.29, 0.717) is 36.6 Å². The zero-order valence-corrected chi connectivity index (χ0v) is 17.2. The van der Waals surface area contributed by atoms with E-state index in [1.54, 1.807) is 17.0 Å². The first-order valence-electron chi connectivity index (χ1n) is 10.6. The average molecular weight is 429 g/mol. The third-order valence-electron chi connectivity index (χ3n) is 6.13. The topological polar surface area (TPSA) is 56.6 Å². The number of carbonyl (C=O) groups excluding carboxylic acids is 1. The zero-order chi connectivity index (χ0) is 21.7. The number of benzene rings is 3. The summed E-state index contributed by atoms with van der Waals surface area (Å²) in [6, 6.07) is 20.1. The van der Waals surface area contributed by atoms with Crippen LogP contribution in [0.5, 0.6) is 11.5 Å².